The molecule has 1 saturated carbocycles. The molecule has 0 N–H and O–H groups in total. The van der Waals surface area contributed by atoms with Crippen LogP contribution in [0.5, 0.6) is 0 Å². The van der Waals surface area contributed by atoms with Gasteiger partial charge < -0.3 is 12.2 Å². The molecular weight excluding hydrogens is 262 g/mol. The standard InChI is InChI=1S/C10H13BNO.CH3.Y/c1-7-6-8-4-2-3-5-9(8)10(13)12(7)11;;/h6,8-9H,1-5H2;1H3;/q2*-1;. The Labute approximate surface area is 119 Å². The topological polar surface area (TPSA) is 20.3 Å². The van der Waals surface area contributed by atoms with Crippen molar-refractivity contribution in [3.63, 3.8) is 0 Å². The first-order valence-corrected chi connectivity index (χ1v) is 4.82. The number of rotatable bonds is 0. The Morgan fingerprint density at radius 2 is 2.00 bits per heavy atom. The molecule has 0 bridgehead atoms. The van der Waals surface area contributed by atoms with E-state index in [9.17, 15) is 4.79 Å². The van der Waals surface area contributed by atoms with E-state index in [0.29, 0.717) is 11.6 Å². The van der Waals surface area contributed by atoms with Gasteiger partial charge >= 0.3 is 0 Å². The Balaban J connectivity index is 0.000000980. The van der Waals surface area contributed by atoms with E-state index in [1.807, 2.05) is 6.08 Å². The third kappa shape index (κ3) is 2.88. The summed E-state index contributed by atoms with van der Waals surface area (Å²) in [7, 11) is 5.58. The molecule has 0 aromatic rings. The van der Waals surface area contributed by atoms with Crippen LogP contribution in [0.2, 0.25) is 0 Å². The molecule has 4 heteroatoms. The molecule has 1 amide bonds. The van der Waals surface area contributed by atoms with Crippen molar-refractivity contribution < 1.29 is 37.5 Å². The summed E-state index contributed by atoms with van der Waals surface area (Å²) in [6.07, 6.45) is 6.53. The largest absolute Gasteiger partial charge is 0.401 e. The molecule has 2 unspecified atom stereocenters. The van der Waals surface area contributed by atoms with E-state index in [0.717, 1.165) is 19.3 Å². The molecule has 1 heterocycles. The van der Waals surface area contributed by atoms with E-state index in [-0.39, 0.29) is 52.0 Å². The predicted molar refractivity (Wildman–Crippen MR) is 57.9 cm³/mol. The smallest absolute Gasteiger partial charge is 0.234 e. The average molecular weight is 278 g/mol. The minimum atomic E-state index is 0. The summed E-state index contributed by atoms with van der Waals surface area (Å²) >= 11 is 0. The van der Waals surface area contributed by atoms with Gasteiger partial charge in [-0.15, -0.1) is 5.70 Å². The van der Waals surface area contributed by atoms with Crippen LogP contribution in [-0.2, 0) is 37.5 Å². The monoisotopic (exact) mass is 278 g/mol. The van der Waals surface area contributed by atoms with Crippen LogP contribution in [0.25, 0.3) is 0 Å². The molecule has 79 valence electrons. The van der Waals surface area contributed by atoms with Gasteiger partial charge in [0.2, 0.25) is 13.9 Å². The fourth-order valence-electron chi connectivity index (χ4n) is 2.31. The van der Waals surface area contributed by atoms with Crippen molar-refractivity contribution in [2.24, 2.45) is 11.8 Å². The summed E-state index contributed by atoms with van der Waals surface area (Å²) < 4.78 is 0. The first kappa shape index (κ1) is 15.2. The Kier molecular flexibility index (Phi) is 6.20. The fraction of sp³-hybridized carbons (Fsp3) is 0.545. The van der Waals surface area contributed by atoms with Gasteiger partial charge in [0.1, 0.15) is 0 Å². The Morgan fingerprint density at radius 3 is 2.67 bits per heavy atom. The molecule has 3 radical (unpaired) electrons. The number of nitrogens with zero attached hydrogens (tertiary/aromatic N) is 1. The van der Waals surface area contributed by atoms with Gasteiger partial charge in [0.25, 0.3) is 0 Å². The fourth-order valence-corrected chi connectivity index (χ4v) is 2.31. The van der Waals surface area contributed by atoms with Crippen LogP contribution in [0, 0.1) is 26.2 Å². The van der Waals surface area contributed by atoms with Gasteiger partial charge in [-0.25, -0.2) is 13.0 Å². The van der Waals surface area contributed by atoms with E-state index < -0.39 is 0 Å². The van der Waals surface area contributed by atoms with E-state index in [1.54, 1.807) is 0 Å². The molecule has 1 fully saturated rings. The first-order chi connectivity index (χ1) is 6.20. The summed E-state index contributed by atoms with van der Waals surface area (Å²) in [4.78, 5) is 12.9. The van der Waals surface area contributed by atoms with Crippen LogP contribution in [0.4, 0.5) is 0 Å². The van der Waals surface area contributed by atoms with E-state index >= 15 is 0 Å². The summed E-state index contributed by atoms with van der Waals surface area (Å²) in [6.45, 7) is 3.76. The molecule has 15 heavy (non-hydrogen) atoms. The minimum Gasteiger partial charge on any atom is -0.401 e. The molecule has 0 aromatic heterocycles. The van der Waals surface area contributed by atoms with Crippen molar-refractivity contribution in [2.75, 3.05) is 0 Å². The molecular formula is C11H16BNOY-2. The SMILES string of the molecule is [B]N1C(=O)C2CCCCC2C=C1[CH2-].[CH3-].[Y]. The molecule has 1 aliphatic carbocycles. The van der Waals surface area contributed by atoms with Gasteiger partial charge in [0.15, 0.2) is 0 Å². The maximum absolute atomic E-state index is 11.7. The normalized spacial score (nSPS) is 29.5. The summed E-state index contributed by atoms with van der Waals surface area (Å²) in [5.41, 5.74) is 0.660. The molecule has 2 nitrogen and oxygen atoms in total. The molecule has 2 rings (SSSR count). The Bertz CT molecular complexity index is 267. The second-order valence-corrected chi connectivity index (χ2v) is 3.92. The van der Waals surface area contributed by atoms with Crippen molar-refractivity contribution in [3.05, 3.63) is 26.1 Å². The second kappa shape index (κ2) is 6.10. The maximum Gasteiger partial charge on any atom is 0.234 e. The van der Waals surface area contributed by atoms with Crippen molar-refractivity contribution in [1.29, 1.82) is 0 Å². The van der Waals surface area contributed by atoms with Crippen molar-refractivity contribution in [1.82, 2.24) is 4.81 Å². The third-order valence-corrected chi connectivity index (χ3v) is 3.09. The van der Waals surface area contributed by atoms with Gasteiger partial charge in [-0.3, -0.25) is 4.79 Å². The number of carbonyl (C=O) groups excluding carboxylic acids is 1. The van der Waals surface area contributed by atoms with Gasteiger partial charge in [0.05, 0.1) is 0 Å². The molecule has 0 saturated heterocycles. The second-order valence-electron chi connectivity index (χ2n) is 3.92. The van der Waals surface area contributed by atoms with Crippen molar-refractivity contribution in [2.45, 2.75) is 25.7 Å². The zero-order valence-corrected chi connectivity index (χ0v) is 12.1. The van der Waals surface area contributed by atoms with Crippen LogP contribution in [0.1, 0.15) is 25.7 Å². The molecule has 0 aromatic carbocycles. The number of allylic oxidation sites excluding steroid dienone is 2. The minimum absolute atomic E-state index is 0. The van der Waals surface area contributed by atoms with Crippen molar-refractivity contribution in [3.8, 4) is 0 Å². The van der Waals surface area contributed by atoms with E-state index in [2.05, 4.69) is 6.92 Å². The van der Waals surface area contributed by atoms with Crippen LogP contribution in [0.15, 0.2) is 11.8 Å². The average Bonchev–Trinajstić information content (AvgIpc) is 2.15. The van der Waals surface area contributed by atoms with Gasteiger partial charge in [0, 0.05) is 38.6 Å². The van der Waals surface area contributed by atoms with Gasteiger partial charge in [-0.2, -0.15) is 0 Å². The third-order valence-electron chi connectivity index (χ3n) is 3.09. The van der Waals surface area contributed by atoms with Crippen molar-refractivity contribution >= 4 is 13.9 Å². The van der Waals surface area contributed by atoms with Crippen LogP contribution in [-0.4, -0.2) is 18.7 Å². The quantitative estimate of drug-likeness (QED) is 0.489. The van der Waals surface area contributed by atoms with Crippen LogP contribution < -0.4 is 0 Å². The molecule has 2 aliphatic rings. The van der Waals surface area contributed by atoms with Gasteiger partial charge in [-0.05, 0) is 6.42 Å². The predicted octanol–water partition coefficient (Wildman–Crippen LogP) is 1.88. The van der Waals surface area contributed by atoms with Crippen LogP contribution in [0.3, 0.4) is 0 Å². The van der Waals surface area contributed by atoms with Crippen LogP contribution >= 0.6 is 0 Å². The molecule has 0 spiro atoms. The Hall–Kier alpha value is 0.249. The maximum atomic E-state index is 11.7. The number of carbonyl (C=O) groups is 1. The zero-order chi connectivity index (χ0) is 9.42. The number of hydrogen-bond donors (Lipinski definition) is 0. The summed E-state index contributed by atoms with van der Waals surface area (Å²) in [6, 6.07) is 0. The van der Waals surface area contributed by atoms with E-state index in [1.165, 1.54) is 11.2 Å². The van der Waals surface area contributed by atoms with E-state index in [4.69, 9.17) is 7.98 Å². The summed E-state index contributed by atoms with van der Waals surface area (Å²) in [5.74, 6) is 0.579. The number of hydrogen-bond acceptors (Lipinski definition) is 1. The molecule has 2 atom stereocenters. The number of fused-ring (bicyclic) bond motifs is 1. The molecule has 1 aliphatic heterocycles. The first-order valence-electron chi connectivity index (χ1n) is 4.82. The Morgan fingerprint density at radius 1 is 1.40 bits per heavy atom. The number of amides is 1. The van der Waals surface area contributed by atoms with Gasteiger partial charge in [-0.1, -0.05) is 25.2 Å². The summed E-state index contributed by atoms with van der Waals surface area (Å²) in [5, 5.41) is 0. The zero-order valence-electron chi connectivity index (χ0n) is 9.28.